The minimum absolute atomic E-state index is 0.0197. The summed E-state index contributed by atoms with van der Waals surface area (Å²) in [5.74, 6) is 0.289. The summed E-state index contributed by atoms with van der Waals surface area (Å²) in [6, 6.07) is 9.66. The molecule has 0 saturated carbocycles. The van der Waals surface area contributed by atoms with Gasteiger partial charge in [0.2, 0.25) is 11.8 Å². The molecule has 0 radical (unpaired) electrons. The first-order valence-corrected chi connectivity index (χ1v) is 20.3. The SMILES string of the molecule is Cc1c(N[C@@H](c2nnc(-c3ccc(F)c(O[Si](C)(C)C(C)(C)C)c3)o2)[C@@H](C)O[Si](C)(C)C(C)(C)C)ccc(C#N)c1Cl. The van der Waals surface area contributed by atoms with Gasteiger partial charge in [0.15, 0.2) is 14.1 Å². The van der Waals surface area contributed by atoms with Crippen LogP contribution in [0.25, 0.3) is 11.5 Å². The van der Waals surface area contributed by atoms with Crippen molar-refractivity contribution >= 4 is 33.9 Å². The third kappa shape index (κ3) is 7.25. The Morgan fingerprint density at radius 2 is 1.62 bits per heavy atom. The predicted molar refractivity (Wildman–Crippen MR) is 173 cm³/mol. The van der Waals surface area contributed by atoms with Gasteiger partial charge in [-0.1, -0.05) is 53.1 Å². The maximum absolute atomic E-state index is 14.8. The zero-order valence-corrected chi connectivity index (χ0v) is 29.6. The van der Waals surface area contributed by atoms with Crippen molar-refractivity contribution in [2.24, 2.45) is 0 Å². The number of nitrogens with one attached hydrogen (secondary N) is 1. The molecule has 0 aliphatic heterocycles. The first-order valence-electron chi connectivity index (χ1n) is 14.1. The number of hydrogen-bond acceptors (Lipinski definition) is 7. The standard InChI is InChI=1S/C31H44ClFN4O3Si2/c1-19-24(16-14-22(18-34)26(19)32)35-27(20(2)39-41(9,10)30(3,4)5)29-37-36-28(38-29)21-13-15-23(33)25(17-21)40-42(11,12)31(6,7)8/h13-17,20,27,35H,1-12H3/t20-,27-/m1/s1. The van der Waals surface area contributed by atoms with Crippen molar-refractivity contribution in [1.82, 2.24) is 10.2 Å². The Kier molecular flexibility index (Phi) is 9.74. The molecule has 2 atom stereocenters. The van der Waals surface area contributed by atoms with E-state index in [2.05, 4.69) is 89.3 Å². The van der Waals surface area contributed by atoms with Gasteiger partial charge in [-0.3, -0.25) is 0 Å². The van der Waals surface area contributed by atoms with Crippen molar-refractivity contribution in [3.8, 4) is 23.3 Å². The molecule has 228 valence electrons. The summed E-state index contributed by atoms with van der Waals surface area (Å²) >= 11 is 6.48. The van der Waals surface area contributed by atoms with Crippen LogP contribution in [-0.4, -0.2) is 32.9 Å². The number of rotatable bonds is 9. The summed E-state index contributed by atoms with van der Waals surface area (Å²) in [4.78, 5) is 0. The number of hydrogen-bond donors (Lipinski definition) is 1. The third-order valence-corrected chi connectivity index (χ3v) is 18.0. The zero-order chi connectivity index (χ0) is 31.8. The van der Waals surface area contributed by atoms with E-state index in [4.69, 9.17) is 24.9 Å². The van der Waals surface area contributed by atoms with Gasteiger partial charge in [-0.05, 0) is 86.0 Å². The number of nitrogens with zero attached hydrogens (tertiary/aromatic N) is 3. The van der Waals surface area contributed by atoms with E-state index in [1.54, 1.807) is 18.2 Å². The lowest BCUT2D eigenvalue weighted by atomic mass is 10.1. The highest BCUT2D eigenvalue weighted by atomic mass is 35.5. The molecule has 0 aliphatic carbocycles. The van der Waals surface area contributed by atoms with Crippen molar-refractivity contribution in [3.63, 3.8) is 0 Å². The highest BCUT2D eigenvalue weighted by Gasteiger charge is 2.41. The molecule has 0 bridgehead atoms. The monoisotopic (exact) mass is 630 g/mol. The first-order chi connectivity index (χ1) is 19.2. The second-order valence-corrected chi connectivity index (χ2v) is 23.7. The Bertz CT molecular complexity index is 1470. The number of nitriles is 1. The molecule has 3 rings (SSSR count). The van der Waals surface area contributed by atoms with Crippen LogP contribution in [0.2, 0.25) is 41.3 Å². The molecule has 0 aliphatic rings. The number of benzene rings is 2. The summed E-state index contributed by atoms with van der Waals surface area (Å²) in [7, 11) is -4.47. The lowest BCUT2D eigenvalue weighted by Crippen LogP contribution is -2.45. The molecule has 0 amide bonds. The Hall–Kier alpha value is -2.72. The summed E-state index contributed by atoms with van der Waals surface area (Å²) in [5, 5.41) is 21.9. The summed E-state index contributed by atoms with van der Waals surface area (Å²) in [5.41, 5.74) is 2.40. The average Bonchev–Trinajstić information content (AvgIpc) is 3.34. The maximum Gasteiger partial charge on any atom is 0.250 e. The number of anilines is 1. The van der Waals surface area contributed by atoms with Gasteiger partial charge in [-0.25, -0.2) is 4.39 Å². The van der Waals surface area contributed by atoms with Crippen molar-refractivity contribution < 1.29 is 17.7 Å². The van der Waals surface area contributed by atoms with Crippen LogP contribution in [0, 0.1) is 24.1 Å². The normalized spacial score (nSPS) is 14.3. The fourth-order valence-corrected chi connectivity index (χ4v) is 6.44. The number of halogens is 2. The van der Waals surface area contributed by atoms with E-state index in [9.17, 15) is 9.65 Å². The van der Waals surface area contributed by atoms with Crippen LogP contribution < -0.4 is 9.74 Å². The van der Waals surface area contributed by atoms with Gasteiger partial charge in [0.05, 0.1) is 16.7 Å². The molecule has 0 saturated heterocycles. The molecule has 3 aromatic rings. The Labute approximate surface area is 257 Å². The third-order valence-electron chi connectivity index (χ3n) is 8.63. The quantitative estimate of drug-likeness (QED) is 0.235. The van der Waals surface area contributed by atoms with Gasteiger partial charge in [-0.15, -0.1) is 10.2 Å². The molecular weight excluding hydrogens is 587 g/mol. The van der Waals surface area contributed by atoms with E-state index in [1.807, 2.05) is 19.9 Å². The van der Waals surface area contributed by atoms with Gasteiger partial charge in [0, 0.05) is 11.3 Å². The van der Waals surface area contributed by atoms with E-state index in [0.29, 0.717) is 22.0 Å². The van der Waals surface area contributed by atoms with Crippen molar-refractivity contribution in [3.05, 3.63) is 58.2 Å². The van der Waals surface area contributed by atoms with E-state index in [1.165, 1.54) is 6.07 Å². The van der Waals surface area contributed by atoms with Crippen LogP contribution in [0.4, 0.5) is 10.1 Å². The molecule has 11 heteroatoms. The molecule has 2 aromatic carbocycles. The number of aromatic nitrogens is 2. The summed E-state index contributed by atoms with van der Waals surface area (Å²) in [6.45, 7) is 25.2. The van der Waals surface area contributed by atoms with Crippen LogP contribution >= 0.6 is 11.6 Å². The van der Waals surface area contributed by atoms with Gasteiger partial charge in [0.25, 0.3) is 8.32 Å². The van der Waals surface area contributed by atoms with Crippen LogP contribution in [0.15, 0.2) is 34.7 Å². The smallest absolute Gasteiger partial charge is 0.250 e. The topological polar surface area (TPSA) is 93.2 Å². The first kappa shape index (κ1) is 33.8. The largest absolute Gasteiger partial charge is 0.542 e. The van der Waals surface area contributed by atoms with E-state index in [-0.39, 0.29) is 27.8 Å². The second-order valence-electron chi connectivity index (χ2n) is 13.9. The lowest BCUT2D eigenvalue weighted by molar-refractivity contribution is 0.166. The highest BCUT2D eigenvalue weighted by molar-refractivity contribution is 6.75. The molecular formula is C31H44ClFN4O3Si2. The fourth-order valence-electron chi connectivity index (χ4n) is 3.80. The average molecular weight is 631 g/mol. The minimum Gasteiger partial charge on any atom is -0.542 e. The molecule has 1 N–H and O–H groups in total. The van der Waals surface area contributed by atoms with Crippen molar-refractivity contribution in [1.29, 1.82) is 5.26 Å². The molecule has 0 unspecified atom stereocenters. The Balaban J connectivity index is 2.03. The van der Waals surface area contributed by atoms with Gasteiger partial charge >= 0.3 is 0 Å². The minimum atomic E-state index is -2.29. The van der Waals surface area contributed by atoms with Gasteiger partial charge in [0.1, 0.15) is 17.9 Å². The van der Waals surface area contributed by atoms with Crippen LogP contribution in [-0.2, 0) is 4.43 Å². The Morgan fingerprint density at radius 3 is 2.19 bits per heavy atom. The molecule has 0 spiro atoms. The van der Waals surface area contributed by atoms with E-state index < -0.39 is 28.5 Å². The van der Waals surface area contributed by atoms with E-state index in [0.717, 1.165) is 11.3 Å². The van der Waals surface area contributed by atoms with Crippen LogP contribution in [0.5, 0.6) is 5.75 Å². The molecule has 1 aromatic heterocycles. The molecule has 42 heavy (non-hydrogen) atoms. The molecule has 0 fully saturated rings. The highest BCUT2D eigenvalue weighted by Crippen LogP contribution is 2.41. The van der Waals surface area contributed by atoms with Gasteiger partial charge in [-0.2, -0.15) is 5.26 Å². The maximum atomic E-state index is 14.8. The van der Waals surface area contributed by atoms with Crippen molar-refractivity contribution in [2.45, 2.75) is 104 Å². The molecule has 1 heterocycles. The zero-order valence-electron chi connectivity index (χ0n) is 26.9. The van der Waals surface area contributed by atoms with Crippen LogP contribution in [0.3, 0.4) is 0 Å². The summed E-state index contributed by atoms with van der Waals surface area (Å²) in [6.07, 6.45) is -0.362. The summed E-state index contributed by atoms with van der Waals surface area (Å²) < 4.78 is 34.1. The Morgan fingerprint density at radius 1 is 1.00 bits per heavy atom. The van der Waals surface area contributed by atoms with E-state index >= 15 is 0 Å². The van der Waals surface area contributed by atoms with Gasteiger partial charge < -0.3 is 18.6 Å². The van der Waals surface area contributed by atoms with Crippen LogP contribution in [0.1, 0.15) is 71.5 Å². The van der Waals surface area contributed by atoms with Crippen molar-refractivity contribution in [2.75, 3.05) is 5.32 Å². The second kappa shape index (κ2) is 12.1. The fraction of sp³-hybridized carbons (Fsp3) is 0.516. The predicted octanol–water partition coefficient (Wildman–Crippen LogP) is 9.66. The molecule has 7 nitrogen and oxygen atoms in total. The lowest BCUT2D eigenvalue weighted by Gasteiger charge is -2.40.